The highest BCUT2D eigenvalue weighted by Crippen LogP contribution is 2.52. The van der Waals surface area contributed by atoms with E-state index >= 15 is 4.57 Å². The lowest BCUT2D eigenvalue weighted by Crippen LogP contribution is -2.29. The summed E-state index contributed by atoms with van der Waals surface area (Å²) >= 11 is 2.29. The molecule has 4 rings (SSSR count). The molecule has 0 radical (unpaired) electrons. The fraction of sp³-hybridized carbons (Fsp3) is 0.333. The quantitative estimate of drug-likeness (QED) is 0.208. The van der Waals surface area contributed by atoms with Gasteiger partial charge in [-0.15, -0.1) is 0 Å². The minimum atomic E-state index is -3.40. The molecule has 0 fully saturated rings. The second-order valence-electron chi connectivity index (χ2n) is 8.61. The first-order chi connectivity index (χ1) is 16.7. The van der Waals surface area contributed by atoms with Crippen molar-refractivity contribution < 1.29 is 28.2 Å². The standard InChI is InChI=1S/C27H30IO6P/c1-15-8-19(9-16(2)24(15)31-6)35(29,20-10-17(3)25(32-7)18(4)11-20)23-12-22(30-5)27-26(21(23)13-28)33-14-34-27/h8-12H,13-14H2,1-7H3. The van der Waals surface area contributed by atoms with Crippen LogP contribution < -0.4 is 39.6 Å². The van der Waals surface area contributed by atoms with Gasteiger partial charge >= 0.3 is 0 Å². The number of rotatable bonds is 7. The van der Waals surface area contributed by atoms with Gasteiger partial charge in [-0.3, -0.25) is 0 Å². The van der Waals surface area contributed by atoms with E-state index in [0.29, 0.717) is 27.0 Å². The van der Waals surface area contributed by atoms with Gasteiger partial charge in [-0.25, -0.2) is 0 Å². The Bertz CT molecular complexity index is 1240. The number of halogens is 1. The van der Waals surface area contributed by atoms with Gasteiger partial charge in [-0.05, 0) is 80.3 Å². The highest BCUT2D eigenvalue weighted by Gasteiger charge is 2.38. The van der Waals surface area contributed by atoms with Crippen LogP contribution in [0.5, 0.6) is 28.7 Å². The lowest BCUT2D eigenvalue weighted by molar-refractivity contribution is 0.170. The van der Waals surface area contributed by atoms with Gasteiger partial charge in [0.25, 0.3) is 0 Å². The second kappa shape index (κ2) is 9.94. The molecule has 0 atom stereocenters. The average Bonchev–Trinajstić information content (AvgIpc) is 3.32. The topological polar surface area (TPSA) is 63.2 Å². The molecule has 0 spiro atoms. The minimum Gasteiger partial charge on any atom is -0.496 e. The predicted molar refractivity (Wildman–Crippen MR) is 148 cm³/mol. The van der Waals surface area contributed by atoms with Crippen molar-refractivity contribution in [3.8, 4) is 28.7 Å². The first kappa shape index (κ1) is 25.7. The molecule has 1 aliphatic heterocycles. The Morgan fingerprint density at radius 1 is 0.771 bits per heavy atom. The summed E-state index contributed by atoms with van der Waals surface area (Å²) in [6.45, 7) is 8.01. The van der Waals surface area contributed by atoms with Gasteiger partial charge in [0.15, 0.2) is 18.6 Å². The summed E-state index contributed by atoms with van der Waals surface area (Å²) in [4.78, 5) is 0. The maximum Gasteiger partial charge on any atom is 0.231 e. The largest absolute Gasteiger partial charge is 0.496 e. The van der Waals surface area contributed by atoms with Crippen molar-refractivity contribution in [1.82, 2.24) is 0 Å². The van der Waals surface area contributed by atoms with Crippen molar-refractivity contribution in [1.29, 1.82) is 0 Å². The highest BCUT2D eigenvalue weighted by molar-refractivity contribution is 14.1. The lowest BCUT2D eigenvalue weighted by Gasteiger charge is -2.26. The molecule has 35 heavy (non-hydrogen) atoms. The SMILES string of the molecule is COc1cc(P(=O)(c2cc(C)c(OC)c(C)c2)c2cc(C)c(OC)c(C)c2)c(CI)c2c1OCO2. The Morgan fingerprint density at radius 3 is 1.63 bits per heavy atom. The summed E-state index contributed by atoms with van der Waals surface area (Å²) in [5.41, 5.74) is 4.54. The number of ether oxygens (including phenoxy) is 5. The molecule has 3 aromatic carbocycles. The number of methoxy groups -OCH3 is 3. The molecule has 1 heterocycles. The minimum absolute atomic E-state index is 0.102. The van der Waals surface area contributed by atoms with E-state index in [1.807, 2.05) is 58.0 Å². The van der Waals surface area contributed by atoms with Crippen molar-refractivity contribution in [2.24, 2.45) is 0 Å². The van der Waals surface area contributed by atoms with Crippen molar-refractivity contribution >= 4 is 45.6 Å². The summed E-state index contributed by atoms with van der Waals surface area (Å²) in [6, 6.07) is 9.72. The third kappa shape index (κ3) is 4.16. The molecule has 3 aromatic rings. The fourth-order valence-corrected chi connectivity index (χ4v) is 9.21. The Labute approximate surface area is 220 Å². The molecule has 0 aliphatic carbocycles. The third-order valence-electron chi connectivity index (χ3n) is 6.41. The molecule has 0 saturated carbocycles. The zero-order valence-corrected chi connectivity index (χ0v) is 24.1. The maximum absolute atomic E-state index is 15.6. The third-order valence-corrected chi connectivity index (χ3v) is 10.2. The van der Waals surface area contributed by atoms with Crippen molar-refractivity contribution in [2.45, 2.75) is 32.1 Å². The van der Waals surface area contributed by atoms with Gasteiger partial charge in [-0.1, -0.05) is 22.6 Å². The average molecular weight is 608 g/mol. The van der Waals surface area contributed by atoms with Gasteiger partial charge in [0.2, 0.25) is 12.5 Å². The summed E-state index contributed by atoms with van der Waals surface area (Å²) in [5, 5.41) is 2.13. The lowest BCUT2D eigenvalue weighted by atomic mass is 10.1. The smallest absolute Gasteiger partial charge is 0.231 e. The Balaban J connectivity index is 2.14. The van der Waals surface area contributed by atoms with Crippen LogP contribution in [0.1, 0.15) is 27.8 Å². The zero-order valence-electron chi connectivity index (χ0n) is 21.1. The molecule has 186 valence electrons. The number of hydrogen-bond donors (Lipinski definition) is 0. The van der Waals surface area contributed by atoms with E-state index in [1.54, 1.807) is 21.3 Å². The van der Waals surface area contributed by atoms with E-state index in [4.69, 9.17) is 23.7 Å². The van der Waals surface area contributed by atoms with Crippen molar-refractivity contribution in [3.63, 3.8) is 0 Å². The van der Waals surface area contributed by atoms with Crippen LogP contribution in [0.25, 0.3) is 0 Å². The Morgan fingerprint density at radius 2 is 1.23 bits per heavy atom. The molecule has 0 unspecified atom stereocenters. The number of alkyl halides is 1. The van der Waals surface area contributed by atoms with Crippen LogP contribution in [0.15, 0.2) is 30.3 Å². The molecule has 0 N–H and O–H groups in total. The molecule has 0 saturated heterocycles. The van der Waals surface area contributed by atoms with E-state index in [2.05, 4.69) is 22.6 Å². The maximum atomic E-state index is 15.6. The normalized spacial score (nSPS) is 12.6. The van der Waals surface area contributed by atoms with Crippen LogP contribution in [0.4, 0.5) is 0 Å². The number of fused-ring (bicyclic) bond motifs is 1. The van der Waals surface area contributed by atoms with Crippen LogP contribution in [0.3, 0.4) is 0 Å². The van der Waals surface area contributed by atoms with E-state index in [-0.39, 0.29) is 6.79 Å². The van der Waals surface area contributed by atoms with Crippen LogP contribution in [-0.4, -0.2) is 28.1 Å². The molecule has 0 bridgehead atoms. The summed E-state index contributed by atoms with van der Waals surface area (Å²) < 4.78 is 44.7. The second-order valence-corrected chi connectivity index (χ2v) is 12.1. The van der Waals surface area contributed by atoms with E-state index in [9.17, 15) is 0 Å². The number of aryl methyl sites for hydroxylation is 4. The van der Waals surface area contributed by atoms with Gasteiger partial charge in [0.05, 0.1) is 21.3 Å². The van der Waals surface area contributed by atoms with Gasteiger partial charge in [0, 0.05) is 25.9 Å². The fourth-order valence-electron chi connectivity index (χ4n) is 4.93. The van der Waals surface area contributed by atoms with E-state index in [0.717, 1.165) is 49.9 Å². The summed E-state index contributed by atoms with van der Waals surface area (Å²) in [7, 11) is 1.49. The van der Waals surface area contributed by atoms with Gasteiger partial charge < -0.3 is 28.2 Å². The number of benzene rings is 3. The first-order valence-corrected chi connectivity index (χ1v) is 14.4. The summed E-state index contributed by atoms with van der Waals surface area (Å²) in [5.74, 6) is 3.24. The van der Waals surface area contributed by atoms with Crippen LogP contribution in [-0.2, 0) is 8.99 Å². The monoisotopic (exact) mass is 608 g/mol. The molecule has 6 nitrogen and oxygen atoms in total. The predicted octanol–water partition coefficient (Wildman–Crippen LogP) is 5.25. The molecule has 1 aliphatic rings. The first-order valence-electron chi connectivity index (χ1n) is 11.2. The van der Waals surface area contributed by atoms with Crippen molar-refractivity contribution in [2.75, 3.05) is 28.1 Å². The highest BCUT2D eigenvalue weighted by atomic mass is 127. The molecule has 0 amide bonds. The molecule has 0 aromatic heterocycles. The van der Waals surface area contributed by atoms with Gasteiger partial charge in [-0.2, -0.15) is 0 Å². The zero-order chi connectivity index (χ0) is 25.5. The molecular formula is C27H30IO6P. The van der Waals surface area contributed by atoms with Crippen molar-refractivity contribution in [3.05, 3.63) is 58.1 Å². The Kier molecular flexibility index (Phi) is 7.30. The Hall–Kier alpha value is -2.38. The van der Waals surface area contributed by atoms with Crippen LogP contribution >= 0.6 is 29.7 Å². The molecule has 8 heteroatoms. The van der Waals surface area contributed by atoms with Crippen LogP contribution in [0, 0.1) is 27.7 Å². The summed E-state index contributed by atoms with van der Waals surface area (Å²) in [6.07, 6.45) is 0. The number of hydrogen-bond acceptors (Lipinski definition) is 6. The van der Waals surface area contributed by atoms with E-state index < -0.39 is 7.14 Å². The van der Waals surface area contributed by atoms with E-state index in [1.165, 1.54) is 0 Å². The molecular weight excluding hydrogens is 578 g/mol. The van der Waals surface area contributed by atoms with Gasteiger partial charge in [0.1, 0.15) is 11.5 Å². The van der Waals surface area contributed by atoms with Crippen LogP contribution in [0.2, 0.25) is 0 Å².